The van der Waals surface area contributed by atoms with Gasteiger partial charge in [-0.25, -0.2) is 4.99 Å². The number of methoxy groups -OCH3 is 2. The molecule has 1 unspecified atom stereocenters. The molecule has 152 valence electrons. The van der Waals surface area contributed by atoms with Gasteiger partial charge in [0.1, 0.15) is 0 Å². The Hall–Kier alpha value is -2.31. The summed E-state index contributed by atoms with van der Waals surface area (Å²) in [5, 5.41) is 4.28. The number of aliphatic imine (C=N–C) groups is 1. The van der Waals surface area contributed by atoms with Gasteiger partial charge in [-0.15, -0.1) is 0 Å². The van der Waals surface area contributed by atoms with Crippen molar-refractivity contribution in [3.63, 3.8) is 0 Å². The molecular weight excluding hydrogens is 401 g/mol. The number of nitrogens with two attached hydrogens (primary N) is 1. The number of ether oxygens (including phenoxy) is 3. The molecular formula is C20H25Cl2N3O3. The van der Waals surface area contributed by atoms with E-state index < -0.39 is 0 Å². The fraction of sp³-hybridized carbons (Fsp3) is 0.350. The highest BCUT2D eigenvalue weighted by Gasteiger charge is 2.14. The van der Waals surface area contributed by atoms with Gasteiger partial charge in [-0.2, -0.15) is 0 Å². The molecule has 0 aliphatic heterocycles. The largest absolute Gasteiger partial charge is 0.493 e. The second-order valence-corrected chi connectivity index (χ2v) is 6.84. The molecule has 0 radical (unpaired) electrons. The first-order valence-electron chi connectivity index (χ1n) is 8.78. The topological polar surface area (TPSA) is 78.1 Å². The van der Waals surface area contributed by atoms with Gasteiger partial charge < -0.3 is 25.3 Å². The van der Waals surface area contributed by atoms with Crippen LogP contribution in [0.5, 0.6) is 17.2 Å². The van der Waals surface area contributed by atoms with Crippen molar-refractivity contribution in [1.82, 2.24) is 5.32 Å². The van der Waals surface area contributed by atoms with E-state index in [2.05, 4.69) is 10.3 Å². The van der Waals surface area contributed by atoms with Crippen LogP contribution in [0.1, 0.15) is 31.0 Å². The Kier molecular flexibility index (Phi) is 8.08. The van der Waals surface area contributed by atoms with Crippen LogP contribution in [0.25, 0.3) is 0 Å². The minimum Gasteiger partial charge on any atom is -0.493 e. The maximum atomic E-state index is 6.24. The Bertz CT molecular complexity index is 818. The zero-order valence-corrected chi connectivity index (χ0v) is 17.9. The van der Waals surface area contributed by atoms with Crippen LogP contribution in [-0.2, 0) is 6.54 Å². The second-order valence-electron chi connectivity index (χ2n) is 6.00. The summed E-state index contributed by atoms with van der Waals surface area (Å²) in [4.78, 5) is 4.40. The van der Waals surface area contributed by atoms with E-state index in [1.165, 1.54) is 0 Å². The van der Waals surface area contributed by atoms with E-state index in [0.717, 1.165) is 11.1 Å². The Morgan fingerprint density at radius 1 is 1.14 bits per heavy atom. The molecule has 0 amide bonds. The Balaban J connectivity index is 2.13. The summed E-state index contributed by atoms with van der Waals surface area (Å²) < 4.78 is 16.4. The molecule has 28 heavy (non-hydrogen) atoms. The number of rotatable bonds is 8. The lowest BCUT2D eigenvalue weighted by Gasteiger charge is -2.17. The highest BCUT2D eigenvalue weighted by atomic mass is 35.5. The fourth-order valence-corrected chi connectivity index (χ4v) is 3.26. The van der Waals surface area contributed by atoms with E-state index in [-0.39, 0.29) is 6.04 Å². The minimum absolute atomic E-state index is 0.127. The van der Waals surface area contributed by atoms with Crippen molar-refractivity contribution in [2.45, 2.75) is 26.4 Å². The lowest BCUT2D eigenvalue weighted by atomic mass is 10.1. The van der Waals surface area contributed by atoms with E-state index in [0.29, 0.717) is 46.4 Å². The first-order chi connectivity index (χ1) is 13.4. The Labute approximate surface area is 175 Å². The van der Waals surface area contributed by atoms with Gasteiger partial charge in [0.25, 0.3) is 0 Å². The van der Waals surface area contributed by atoms with Gasteiger partial charge in [-0.05, 0) is 49.2 Å². The van der Waals surface area contributed by atoms with Crippen molar-refractivity contribution in [2.75, 3.05) is 20.8 Å². The Morgan fingerprint density at radius 2 is 1.79 bits per heavy atom. The van der Waals surface area contributed by atoms with E-state index in [4.69, 9.17) is 43.1 Å². The molecule has 0 spiro atoms. The summed E-state index contributed by atoms with van der Waals surface area (Å²) in [6.45, 7) is 4.70. The number of nitrogens with one attached hydrogen (secondary N) is 1. The zero-order valence-electron chi connectivity index (χ0n) is 16.4. The van der Waals surface area contributed by atoms with Crippen molar-refractivity contribution in [3.05, 3.63) is 51.5 Å². The molecule has 0 bridgehead atoms. The monoisotopic (exact) mass is 425 g/mol. The van der Waals surface area contributed by atoms with Crippen LogP contribution >= 0.6 is 23.2 Å². The third-order valence-electron chi connectivity index (χ3n) is 4.03. The van der Waals surface area contributed by atoms with E-state index in [1.807, 2.05) is 32.0 Å². The van der Waals surface area contributed by atoms with Crippen molar-refractivity contribution >= 4 is 29.2 Å². The highest BCUT2D eigenvalue weighted by Crippen LogP contribution is 2.38. The van der Waals surface area contributed by atoms with Gasteiger partial charge in [-0.1, -0.05) is 29.3 Å². The lowest BCUT2D eigenvalue weighted by molar-refractivity contribution is 0.288. The first kappa shape index (κ1) is 22.0. The third-order valence-corrected chi connectivity index (χ3v) is 4.60. The van der Waals surface area contributed by atoms with Crippen molar-refractivity contribution < 1.29 is 14.2 Å². The molecule has 0 aromatic heterocycles. The Morgan fingerprint density at radius 3 is 2.32 bits per heavy atom. The summed E-state index contributed by atoms with van der Waals surface area (Å²) in [5.41, 5.74) is 7.80. The van der Waals surface area contributed by atoms with E-state index in [1.54, 1.807) is 26.4 Å². The predicted molar refractivity (Wildman–Crippen MR) is 114 cm³/mol. The molecule has 2 aromatic carbocycles. The van der Waals surface area contributed by atoms with Crippen LogP contribution in [-0.4, -0.2) is 26.8 Å². The van der Waals surface area contributed by atoms with Crippen LogP contribution in [0, 0.1) is 0 Å². The summed E-state index contributed by atoms with van der Waals surface area (Å²) >= 11 is 12.2. The molecule has 0 saturated carbocycles. The molecule has 6 nitrogen and oxygen atoms in total. The van der Waals surface area contributed by atoms with Gasteiger partial charge in [0.05, 0.1) is 33.4 Å². The van der Waals surface area contributed by atoms with Crippen LogP contribution in [0.3, 0.4) is 0 Å². The summed E-state index contributed by atoms with van der Waals surface area (Å²) in [6.07, 6.45) is 0. The number of guanidine groups is 1. The summed E-state index contributed by atoms with van der Waals surface area (Å²) in [7, 11) is 3.16. The molecule has 0 aliphatic carbocycles. The third kappa shape index (κ3) is 5.59. The SMILES string of the molecule is CCOc1c(OC)cc(CN=C(N)NC(C)c2ccc(Cl)cc2Cl)cc1OC. The average molecular weight is 426 g/mol. The molecule has 2 aromatic rings. The van der Waals surface area contributed by atoms with Crippen LogP contribution in [0.2, 0.25) is 10.0 Å². The second kappa shape index (κ2) is 10.3. The van der Waals surface area contributed by atoms with Gasteiger partial charge in [-0.3, -0.25) is 0 Å². The van der Waals surface area contributed by atoms with Gasteiger partial charge in [0, 0.05) is 10.0 Å². The molecule has 1 atom stereocenters. The molecule has 0 heterocycles. The molecule has 0 fully saturated rings. The lowest BCUT2D eigenvalue weighted by Crippen LogP contribution is -2.34. The van der Waals surface area contributed by atoms with Crippen LogP contribution in [0.15, 0.2) is 35.3 Å². The number of hydrogen-bond acceptors (Lipinski definition) is 4. The fourth-order valence-electron chi connectivity index (χ4n) is 2.69. The summed E-state index contributed by atoms with van der Waals surface area (Å²) in [5.74, 6) is 2.03. The molecule has 2 rings (SSSR count). The number of hydrogen-bond donors (Lipinski definition) is 2. The number of halogens is 2. The molecule has 0 aliphatic rings. The first-order valence-corrected chi connectivity index (χ1v) is 9.54. The van der Waals surface area contributed by atoms with Crippen molar-refractivity contribution in [2.24, 2.45) is 10.7 Å². The van der Waals surface area contributed by atoms with E-state index >= 15 is 0 Å². The van der Waals surface area contributed by atoms with Crippen molar-refractivity contribution in [3.8, 4) is 17.2 Å². The van der Waals surface area contributed by atoms with E-state index in [9.17, 15) is 0 Å². The molecule has 0 saturated heterocycles. The standard InChI is InChI=1S/C20H25Cl2N3O3/c1-5-28-19-17(26-3)8-13(9-18(19)27-4)11-24-20(23)25-12(2)15-7-6-14(21)10-16(15)22/h6-10,12H,5,11H2,1-4H3,(H3,23,24,25). The van der Waals surface area contributed by atoms with Gasteiger partial charge in [0.15, 0.2) is 17.5 Å². The van der Waals surface area contributed by atoms with Crippen LogP contribution < -0.4 is 25.3 Å². The normalized spacial score (nSPS) is 12.4. The zero-order chi connectivity index (χ0) is 20.7. The predicted octanol–water partition coefficient (Wildman–Crippen LogP) is 4.57. The number of nitrogens with zero attached hydrogens (tertiary/aromatic N) is 1. The van der Waals surface area contributed by atoms with Crippen LogP contribution in [0.4, 0.5) is 0 Å². The number of benzene rings is 2. The smallest absolute Gasteiger partial charge is 0.203 e. The molecule has 8 heteroatoms. The van der Waals surface area contributed by atoms with Gasteiger partial charge in [0.2, 0.25) is 5.75 Å². The van der Waals surface area contributed by atoms with Gasteiger partial charge >= 0.3 is 0 Å². The van der Waals surface area contributed by atoms with Crippen molar-refractivity contribution in [1.29, 1.82) is 0 Å². The maximum absolute atomic E-state index is 6.24. The maximum Gasteiger partial charge on any atom is 0.203 e. The quantitative estimate of drug-likeness (QED) is 0.478. The average Bonchev–Trinajstić information content (AvgIpc) is 2.66. The summed E-state index contributed by atoms with van der Waals surface area (Å²) in [6, 6.07) is 8.92. The minimum atomic E-state index is -0.127. The highest BCUT2D eigenvalue weighted by molar-refractivity contribution is 6.35. The molecule has 3 N–H and O–H groups in total.